The predicted molar refractivity (Wildman–Crippen MR) is 124 cm³/mol. The molecule has 3 aromatic rings. The van der Waals surface area contributed by atoms with E-state index < -0.39 is 10.0 Å². The number of ketones is 1. The van der Waals surface area contributed by atoms with Crippen LogP contribution < -0.4 is 10.0 Å². The van der Waals surface area contributed by atoms with Crippen LogP contribution in [0.25, 0.3) is 0 Å². The first-order valence-electron chi connectivity index (χ1n) is 9.46. The lowest BCUT2D eigenvalue weighted by Crippen LogP contribution is -2.14. The quantitative estimate of drug-likeness (QED) is 0.379. The molecule has 0 aromatic heterocycles. The number of benzene rings is 3. The molecule has 31 heavy (non-hydrogen) atoms. The Labute approximate surface area is 186 Å². The van der Waals surface area contributed by atoms with Crippen LogP contribution in [0.3, 0.4) is 0 Å². The lowest BCUT2D eigenvalue weighted by molar-refractivity contribution is -0.113. The van der Waals surface area contributed by atoms with Gasteiger partial charge in [-0.05, 0) is 74.5 Å². The molecule has 0 atom stereocenters. The van der Waals surface area contributed by atoms with Crippen molar-refractivity contribution in [1.82, 2.24) is 0 Å². The molecule has 0 aliphatic heterocycles. The van der Waals surface area contributed by atoms with E-state index in [1.165, 1.54) is 18.7 Å². The topological polar surface area (TPSA) is 92.3 Å². The maximum Gasteiger partial charge on any atom is 0.261 e. The minimum Gasteiger partial charge on any atom is -0.325 e. The average Bonchev–Trinajstić information content (AvgIpc) is 2.74. The van der Waals surface area contributed by atoms with Gasteiger partial charge in [0.1, 0.15) is 0 Å². The van der Waals surface area contributed by atoms with E-state index in [2.05, 4.69) is 10.0 Å². The zero-order valence-corrected chi connectivity index (χ0v) is 18.7. The molecule has 0 bridgehead atoms. The maximum atomic E-state index is 12.5. The molecule has 0 saturated carbocycles. The van der Waals surface area contributed by atoms with Gasteiger partial charge in [0.05, 0.1) is 10.6 Å². The monoisotopic (exact) mass is 454 g/mol. The largest absolute Gasteiger partial charge is 0.325 e. The van der Waals surface area contributed by atoms with Crippen LogP contribution in [0.1, 0.15) is 22.8 Å². The Bertz CT molecular complexity index is 1170. The summed E-state index contributed by atoms with van der Waals surface area (Å²) in [6.07, 6.45) is 0. The van der Waals surface area contributed by atoms with Crippen LogP contribution >= 0.6 is 11.8 Å². The van der Waals surface area contributed by atoms with Gasteiger partial charge >= 0.3 is 0 Å². The summed E-state index contributed by atoms with van der Waals surface area (Å²) in [4.78, 5) is 24.5. The van der Waals surface area contributed by atoms with Crippen molar-refractivity contribution >= 4 is 44.9 Å². The normalized spacial score (nSPS) is 11.0. The highest BCUT2D eigenvalue weighted by atomic mass is 32.2. The zero-order valence-electron chi connectivity index (χ0n) is 17.1. The van der Waals surface area contributed by atoms with Crippen LogP contribution in [0.15, 0.2) is 82.6 Å². The van der Waals surface area contributed by atoms with Crippen LogP contribution in [0, 0.1) is 6.92 Å². The lowest BCUT2D eigenvalue weighted by Gasteiger charge is -2.09. The van der Waals surface area contributed by atoms with Gasteiger partial charge in [-0.1, -0.05) is 17.7 Å². The number of sulfonamides is 1. The molecule has 8 heteroatoms. The van der Waals surface area contributed by atoms with E-state index in [1.807, 2.05) is 6.92 Å². The van der Waals surface area contributed by atoms with Crippen LogP contribution in [0.2, 0.25) is 0 Å². The third-order valence-electron chi connectivity index (χ3n) is 4.38. The summed E-state index contributed by atoms with van der Waals surface area (Å²) in [6, 6.07) is 20.2. The van der Waals surface area contributed by atoms with Gasteiger partial charge in [0.25, 0.3) is 10.0 Å². The highest BCUT2D eigenvalue weighted by Crippen LogP contribution is 2.23. The first-order valence-corrected chi connectivity index (χ1v) is 11.9. The van der Waals surface area contributed by atoms with Crippen LogP contribution in [-0.2, 0) is 14.8 Å². The zero-order chi connectivity index (χ0) is 22.4. The number of amides is 1. The second-order valence-electron chi connectivity index (χ2n) is 6.91. The number of hydrogen-bond acceptors (Lipinski definition) is 5. The second kappa shape index (κ2) is 9.80. The number of hydrogen-bond donors (Lipinski definition) is 2. The standard InChI is InChI=1S/C23H22N2O4S2/c1-16-3-13-22(14-4-16)31(28,29)25-20-9-11-21(12-10-20)30-15-23(27)24-19-7-5-18(6-8-19)17(2)26/h3-14,25H,15H2,1-2H3,(H,24,27). The number of thioether (sulfide) groups is 1. The van der Waals surface area contributed by atoms with Gasteiger partial charge in [-0.2, -0.15) is 0 Å². The molecule has 3 aromatic carbocycles. The van der Waals surface area contributed by atoms with Crippen molar-refractivity contribution in [3.8, 4) is 0 Å². The number of carbonyl (C=O) groups excluding carboxylic acids is 2. The molecule has 0 aliphatic rings. The Morgan fingerprint density at radius 2 is 1.42 bits per heavy atom. The van der Waals surface area contributed by atoms with E-state index >= 15 is 0 Å². The molecule has 0 spiro atoms. The van der Waals surface area contributed by atoms with E-state index in [0.717, 1.165) is 10.5 Å². The van der Waals surface area contributed by atoms with E-state index in [9.17, 15) is 18.0 Å². The summed E-state index contributed by atoms with van der Waals surface area (Å²) < 4.78 is 27.5. The van der Waals surface area contributed by atoms with Gasteiger partial charge in [-0.3, -0.25) is 14.3 Å². The fourth-order valence-electron chi connectivity index (χ4n) is 2.68. The Morgan fingerprint density at radius 3 is 2.00 bits per heavy atom. The molecule has 3 rings (SSSR count). The Hall–Kier alpha value is -3.10. The highest BCUT2D eigenvalue weighted by molar-refractivity contribution is 8.00. The molecule has 0 radical (unpaired) electrons. The number of carbonyl (C=O) groups is 2. The summed E-state index contributed by atoms with van der Waals surface area (Å²) in [5.41, 5.74) is 2.64. The Morgan fingerprint density at radius 1 is 0.839 bits per heavy atom. The van der Waals surface area contributed by atoms with Crippen molar-refractivity contribution in [2.45, 2.75) is 23.6 Å². The second-order valence-corrected chi connectivity index (χ2v) is 9.64. The maximum absolute atomic E-state index is 12.5. The number of aryl methyl sites for hydroxylation is 1. The minimum atomic E-state index is -3.65. The number of nitrogens with one attached hydrogen (secondary N) is 2. The third-order valence-corrected chi connectivity index (χ3v) is 6.79. The third kappa shape index (κ3) is 6.44. The average molecular weight is 455 g/mol. The van der Waals surface area contributed by atoms with Crippen molar-refractivity contribution < 1.29 is 18.0 Å². The molecular formula is C23H22N2O4S2. The van der Waals surface area contributed by atoms with Gasteiger partial charge in [0, 0.05) is 21.8 Å². The van der Waals surface area contributed by atoms with Crippen molar-refractivity contribution in [1.29, 1.82) is 0 Å². The van der Waals surface area contributed by atoms with Gasteiger partial charge in [-0.25, -0.2) is 8.42 Å². The van der Waals surface area contributed by atoms with Crippen molar-refractivity contribution in [3.63, 3.8) is 0 Å². The van der Waals surface area contributed by atoms with E-state index in [-0.39, 0.29) is 22.3 Å². The molecule has 2 N–H and O–H groups in total. The molecule has 6 nitrogen and oxygen atoms in total. The summed E-state index contributed by atoms with van der Waals surface area (Å²) in [7, 11) is -3.65. The van der Waals surface area contributed by atoms with Crippen molar-refractivity contribution in [2.75, 3.05) is 15.8 Å². The van der Waals surface area contributed by atoms with Crippen LogP contribution in [0.5, 0.6) is 0 Å². The molecule has 160 valence electrons. The molecule has 1 amide bonds. The fraction of sp³-hybridized carbons (Fsp3) is 0.130. The first kappa shape index (κ1) is 22.6. The Balaban J connectivity index is 1.53. The van der Waals surface area contributed by atoms with E-state index in [1.54, 1.807) is 72.8 Å². The number of Topliss-reactive ketones (excluding diaryl/α,β-unsaturated/α-hetero) is 1. The molecule has 0 aliphatic carbocycles. The molecule has 0 heterocycles. The molecule has 0 saturated heterocycles. The summed E-state index contributed by atoms with van der Waals surface area (Å²) in [5, 5.41) is 2.78. The molecule has 0 unspecified atom stereocenters. The summed E-state index contributed by atoms with van der Waals surface area (Å²) in [6.45, 7) is 3.38. The van der Waals surface area contributed by atoms with Crippen molar-refractivity contribution in [2.24, 2.45) is 0 Å². The highest BCUT2D eigenvalue weighted by Gasteiger charge is 2.14. The SMILES string of the molecule is CC(=O)c1ccc(NC(=O)CSc2ccc(NS(=O)(=O)c3ccc(C)cc3)cc2)cc1. The number of rotatable bonds is 8. The van der Waals surface area contributed by atoms with Gasteiger partial charge in [-0.15, -0.1) is 11.8 Å². The summed E-state index contributed by atoms with van der Waals surface area (Å²) >= 11 is 1.34. The smallest absolute Gasteiger partial charge is 0.261 e. The minimum absolute atomic E-state index is 0.0296. The fourth-order valence-corrected chi connectivity index (χ4v) is 4.44. The van der Waals surface area contributed by atoms with Crippen LogP contribution in [0.4, 0.5) is 11.4 Å². The number of anilines is 2. The molecular weight excluding hydrogens is 432 g/mol. The van der Waals surface area contributed by atoms with Gasteiger partial charge < -0.3 is 5.32 Å². The lowest BCUT2D eigenvalue weighted by atomic mass is 10.1. The predicted octanol–water partition coefficient (Wildman–Crippen LogP) is 4.73. The molecule has 0 fully saturated rings. The van der Waals surface area contributed by atoms with Gasteiger partial charge in [0.2, 0.25) is 5.91 Å². The van der Waals surface area contributed by atoms with Crippen molar-refractivity contribution in [3.05, 3.63) is 83.9 Å². The Kier molecular flexibility index (Phi) is 7.14. The van der Waals surface area contributed by atoms with E-state index in [4.69, 9.17) is 0 Å². The summed E-state index contributed by atoms with van der Waals surface area (Å²) in [5.74, 6) is -0.00846. The van der Waals surface area contributed by atoms with E-state index in [0.29, 0.717) is 16.9 Å². The van der Waals surface area contributed by atoms with Crippen LogP contribution in [-0.4, -0.2) is 25.9 Å². The first-order chi connectivity index (χ1) is 14.7. The van der Waals surface area contributed by atoms with Gasteiger partial charge in [0.15, 0.2) is 5.78 Å².